The molecule has 0 radical (unpaired) electrons. The molecule has 0 unspecified atom stereocenters. The van der Waals surface area contributed by atoms with E-state index in [1.807, 2.05) is 18.2 Å². The zero-order chi connectivity index (χ0) is 18.0. The molecule has 1 N–H and O–H groups in total. The Morgan fingerprint density at radius 1 is 1.12 bits per heavy atom. The van der Waals surface area contributed by atoms with Crippen LogP contribution in [-0.2, 0) is 12.8 Å². The van der Waals surface area contributed by atoms with Crippen LogP contribution in [0, 0.1) is 0 Å². The van der Waals surface area contributed by atoms with Gasteiger partial charge in [0, 0.05) is 27.6 Å². The summed E-state index contributed by atoms with van der Waals surface area (Å²) in [7, 11) is 0. The fourth-order valence-electron chi connectivity index (χ4n) is 3.93. The molecule has 3 nitrogen and oxygen atoms in total. The van der Waals surface area contributed by atoms with Crippen LogP contribution in [0.1, 0.15) is 49.9 Å². The number of ether oxygens (including phenoxy) is 1. The third kappa shape index (κ3) is 2.86. The number of rotatable bonds is 1. The summed E-state index contributed by atoms with van der Waals surface area (Å²) < 4.78 is 7.07. The van der Waals surface area contributed by atoms with E-state index in [0.717, 1.165) is 45.3 Å². The summed E-state index contributed by atoms with van der Waals surface area (Å²) in [5.74, 6) is 0.858. The van der Waals surface area contributed by atoms with Gasteiger partial charge in [0.05, 0.1) is 11.3 Å². The van der Waals surface area contributed by atoms with Crippen LogP contribution in [0.25, 0.3) is 0 Å². The number of phenols is 1. The minimum absolute atomic E-state index is 0.208. The smallest absolute Gasteiger partial charge is 0.165 e. The van der Waals surface area contributed by atoms with Gasteiger partial charge < -0.3 is 9.84 Å². The second kappa shape index (κ2) is 5.34. The average Bonchev–Trinajstić information content (AvgIpc) is 2.81. The maximum absolute atomic E-state index is 10.5. The summed E-state index contributed by atoms with van der Waals surface area (Å²) in [5.41, 5.74) is 4.91. The molecule has 0 atom stereocenters. The highest BCUT2D eigenvalue weighted by atomic mass is 79.9. The number of phenolic OH excluding ortho intramolecular Hbond substituents is 1. The maximum Gasteiger partial charge on any atom is 0.165 e. The number of fused-ring (bicyclic) bond motifs is 3. The van der Waals surface area contributed by atoms with Crippen molar-refractivity contribution in [3.8, 4) is 11.5 Å². The fraction of sp³-hybridized carbons (Fsp3) is 0.381. The molecule has 0 bridgehead atoms. The minimum atomic E-state index is -0.315. The Balaban J connectivity index is 1.99. The van der Waals surface area contributed by atoms with Gasteiger partial charge in [0.15, 0.2) is 11.5 Å². The highest BCUT2D eigenvalue weighted by molar-refractivity contribution is 9.10. The van der Waals surface area contributed by atoms with Gasteiger partial charge in [-0.15, -0.1) is 0 Å². The zero-order valence-corrected chi connectivity index (χ0v) is 16.6. The van der Waals surface area contributed by atoms with Crippen LogP contribution in [0.5, 0.6) is 11.5 Å². The van der Waals surface area contributed by atoms with Crippen LogP contribution in [0.4, 0.5) is 0 Å². The van der Waals surface area contributed by atoms with Gasteiger partial charge >= 0.3 is 0 Å². The van der Waals surface area contributed by atoms with Gasteiger partial charge in [-0.25, -0.2) is 0 Å². The predicted molar refractivity (Wildman–Crippen MR) is 104 cm³/mol. The highest BCUT2D eigenvalue weighted by Crippen LogP contribution is 2.47. The second-order valence-corrected chi connectivity index (χ2v) is 9.15. The van der Waals surface area contributed by atoms with E-state index in [9.17, 15) is 5.11 Å². The lowest BCUT2D eigenvalue weighted by molar-refractivity contribution is 0.134. The number of hydrogen-bond acceptors (Lipinski definition) is 3. The van der Waals surface area contributed by atoms with E-state index in [1.165, 1.54) is 0 Å². The van der Waals surface area contributed by atoms with Gasteiger partial charge in [0.25, 0.3) is 0 Å². The molecule has 130 valence electrons. The number of halogens is 1. The van der Waals surface area contributed by atoms with Crippen molar-refractivity contribution < 1.29 is 9.84 Å². The van der Waals surface area contributed by atoms with Crippen molar-refractivity contribution >= 4 is 21.6 Å². The lowest BCUT2D eigenvalue weighted by atomic mass is 9.81. The quantitative estimate of drug-likeness (QED) is 0.729. The normalized spacial score (nSPS) is 19.6. The SMILES string of the molecule is CC1(C)Cc2cc(O)c3c(c2C(c2cccc(Br)c2)=N1)CC(C)(C)O3. The summed E-state index contributed by atoms with van der Waals surface area (Å²) in [6, 6.07) is 10.1. The molecule has 25 heavy (non-hydrogen) atoms. The van der Waals surface area contributed by atoms with Crippen molar-refractivity contribution in [1.82, 2.24) is 0 Å². The monoisotopic (exact) mass is 399 g/mol. The lowest BCUT2D eigenvalue weighted by Gasteiger charge is -2.30. The number of benzene rings is 2. The first kappa shape index (κ1) is 16.6. The summed E-state index contributed by atoms with van der Waals surface area (Å²) >= 11 is 3.57. The van der Waals surface area contributed by atoms with Crippen molar-refractivity contribution in [1.29, 1.82) is 0 Å². The first-order valence-corrected chi connectivity index (χ1v) is 9.37. The lowest BCUT2D eigenvalue weighted by Crippen LogP contribution is -2.30. The molecule has 0 amide bonds. The summed E-state index contributed by atoms with van der Waals surface area (Å²) in [5, 5.41) is 10.5. The first-order valence-electron chi connectivity index (χ1n) is 8.58. The second-order valence-electron chi connectivity index (χ2n) is 8.24. The Morgan fingerprint density at radius 2 is 1.88 bits per heavy atom. The van der Waals surface area contributed by atoms with Crippen LogP contribution in [0.3, 0.4) is 0 Å². The molecule has 0 aliphatic carbocycles. The van der Waals surface area contributed by atoms with Gasteiger partial charge in [-0.05, 0) is 57.9 Å². The molecule has 2 aliphatic rings. The molecule has 2 aliphatic heterocycles. The Kier molecular flexibility index (Phi) is 3.56. The molecular weight excluding hydrogens is 378 g/mol. The van der Waals surface area contributed by atoms with Crippen LogP contribution < -0.4 is 4.74 Å². The number of aromatic hydroxyl groups is 1. The van der Waals surface area contributed by atoms with E-state index in [4.69, 9.17) is 9.73 Å². The van der Waals surface area contributed by atoms with E-state index in [0.29, 0.717) is 5.75 Å². The standard InChI is InChI=1S/C21H22BrNO2/c1-20(2)10-13-9-16(24)19-15(11-21(3,4)25-19)17(13)18(23-20)12-6-5-7-14(22)8-12/h5-9,24H,10-11H2,1-4H3. The Labute approximate surface area is 156 Å². The van der Waals surface area contributed by atoms with Crippen molar-refractivity contribution in [3.05, 3.63) is 57.1 Å². The van der Waals surface area contributed by atoms with E-state index in [1.54, 1.807) is 0 Å². The van der Waals surface area contributed by atoms with Crippen LogP contribution in [0.15, 0.2) is 39.8 Å². The van der Waals surface area contributed by atoms with Crippen LogP contribution in [-0.4, -0.2) is 22.0 Å². The van der Waals surface area contributed by atoms with E-state index in [-0.39, 0.29) is 16.9 Å². The van der Waals surface area contributed by atoms with Crippen LogP contribution >= 0.6 is 15.9 Å². The molecule has 4 heteroatoms. The van der Waals surface area contributed by atoms with Gasteiger partial charge in [-0.3, -0.25) is 4.99 Å². The first-order chi connectivity index (χ1) is 11.7. The molecule has 2 aromatic rings. The predicted octanol–water partition coefficient (Wildman–Crippen LogP) is 5.04. The molecular formula is C21H22BrNO2. The van der Waals surface area contributed by atoms with Crippen LogP contribution in [0.2, 0.25) is 0 Å². The highest BCUT2D eigenvalue weighted by Gasteiger charge is 2.39. The van der Waals surface area contributed by atoms with E-state index < -0.39 is 0 Å². The third-order valence-electron chi connectivity index (χ3n) is 4.79. The maximum atomic E-state index is 10.5. The summed E-state index contributed by atoms with van der Waals surface area (Å²) in [6.07, 6.45) is 1.58. The number of hydrogen-bond donors (Lipinski definition) is 1. The van der Waals surface area contributed by atoms with E-state index >= 15 is 0 Å². The molecule has 0 fully saturated rings. The minimum Gasteiger partial charge on any atom is -0.504 e. The Bertz CT molecular complexity index is 912. The van der Waals surface area contributed by atoms with Gasteiger partial charge in [-0.1, -0.05) is 28.1 Å². The topological polar surface area (TPSA) is 41.8 Å². The molecule has 2 aromatic carbocycles. The molecule has 2 heterocycles. The van der Waals surface area contributed by atoms with Crippen molar-refractivity contribution in [2.75, 3.05) is 0 Å². The van der Waals surface area contributed by atoms with Crippen molar-refractivity contribution in [3.63, 3.8) is 0 Å². The largest absolute Gasteiger partial charge is 0.504 e. The zero-order valence-electron chi connectivity index (χ0n) is 15.0. The number of nitrogens with zero attached hydrogens (tertiary/aromatic N) is 1. The van der Waals surface area contributed by atoms with Crippen molar-refractivity contribution in [2.45, 2.75) is 51.7 Å². The fourth-order valence-corrected chi connectivity index (χ4v) is 4.33. The van der Waals surface area contributed by atoms with E-state index in [2.05, 4.69) is 55.8 Å². The molecule has 4 rings (SSSR count). The molecule has 0 spiro atoms. The molecule has 0 aromatic heterocycles. The summed E-state index contributed by atoms with van der Waals surface area (Å²) in [6.45, 7) is 8.39. The van der Waals surface area contributed by atoms with Gasteiger partial charge in [0.2, 0.25) is 0 Å². The number of aliphatic imine (C=N–C) groups is 1. The summed E-state index contributed by atoms with van der Waals surface area (Å²) in [4.78, 5) is 5.08. The average molecular weight is 400 g/mol. The van der Waals surface area contributed by atoms with Gasteiger partial charge in [-0.2, -0.15) is 0 Å². The Morgan fingerprint density at radius 3 is 2.60 bits per heavy atom. The Hall–Kier alpha value is -1.81. The molecule has 0 saturated heterocycles. The molecule has 0 saturated carbocycles. The third-order valence-corrected chi connectivity index (χ3v) is 5.29. The van der Waals surface area contributed by atoms with Gasteiger partial charge in [0.1, 0.15) is 5.60 Å². The van der Waals surface area contributed by atoms with Crippen molar-refractivity contribution in [2.24, 2.45) is 4.99 Å².